The highest BCUT2D eigenvalue weighted by atomic mass is 79.9. The number of ether oxygens (including phenoxy) is 10. The average molecular weight is 2140 g/mol. The molecule has 14 rings (SSSR count). The lowest BCUT2D eigenvalue weighted by Gasteiger charge is -2.18. The van der Waals surface area contributed by atoms with Crippen molar-refractivity contribution in [3.05, 3.63) is 349 Å². The Morgan fingerprint density at radius 3 is 1.24 bits per heavy atom. The Balaban J connectivity index is 0.000000253. The van der Waals surface area contributed by atoms with Crippen molar-refractivity contribution in [2.24, 2.45) is 4.99 Å². The molecule has 0 saturated heterocycles. The molecule has 41 heteroatoms. The molecule has 5 unspecified atom stereocenters. The Bertz CT molecular complexity index is 5920. The number of Topliss-reactive ketones (excluding diaryl/α,β-unsaturated/α-hetero) is 1. The van der Waals surface area contributed by atoms with E-state index < -0.39 is 41.2 Å². The molecule has 0 saturated carbocycles. The van der Waals surface area contributed by atoms with Gasteiger partial charge in [-0.05, 0) is 129 Å². The quantitative estimate of drug-likeness (QED) is 0.0318. The molecular formula is C97H102Br3ClF7N17O12S. The van der Waals surface area contributed by atoms with E-state index >= 15 is 0 Å². The highest BCUT2D eigenvalue weighted by Crippen LogP contribution is 2.40. The predicted octanol–water partition coefficient (Wildman–Crippen LogP) is 23.4. The number of nitrogens with zero attached hydrogens (tertiary/aromatic N) is 14. The molecule has 0 aliphatic carbocycles. The lowest BCUT2D eigenvalue weighted by Crippen LogP contribution is -2.19. The van der Waals surface area contributed by atoms with Gasteiger partial charge < -0.3 is 53.1 Å². The Kier molecular flexibility index (Phi) is 48.4. The number of methoxy groups -OCH3 is 9. The number of para-hydroxylation sites is 1. The Labute approximate surface area is 830 Å². The predicted molar refractivity (Wildman–Crippen MR) is 528 cm³/mol. The maximum Gasteiger partial charge on any atom is 0.420 e. The van der Waals surface area contributed by atoms with E-state index in [4.69, 9.17) is 63.5 Å². The first-order valence-corrected chi connectivity index (χ1v) is 44.6. The molecule has 29 nitrogen and oxygen atoms in total. The average Bonchev–Trinajstić information content (AvgIpc) is 1.15. The van der Waals surface area contributed by atoms with Crippen molar-refractivity contribution < 1.29 is 87.2 Å². The number of amides is 1. The summed E-state index contributed by atoms with van der Waals surface area (Å²) in [5, 5.41) is 24.9. The molecule has 1 amide bonds. The van der Waals surface area contributed by atoms with E-state index in [0.29, 0.717) is 39.8 Å². The number of aliphatic imine (C=N–C) groups is 1. The molecule has 730 valence electrons. The van der Waals surface area contributed by atoms with Crippen LogP contribution in [0.4, 0.5) is 52.1 Å². The number of rotatable bonds is 27. The van der Waals surface area contributed by atoms with E-state index in [2.05, 4.69) is 133 Å². The molecule has 138 heavy (non-hydrogen) atoms. The van der Waals surface area contributed by atoms with Gasteiger partial charge in [-0.1, -0.05) is 140 Å². The molecule has 5 aromatic carbocycles. The Morgan fingerprint density at radius 2 is 0.797 bits per heavy atom. The molecule has 0 bridgehead atoms. The van der Waals surface area contributed by atoms with Crippen molar-refractivity contribution in [2.75, 3.05) is 81.3 Å². The van der Waals surface area contributed by atoms with Crippen LogP contribution >= 0.6 is 72.3 Å². The van der Waals surface area contributed by atoms with E-state index in [1.54, 1.807) is 124 Å². The van der Waals surface area contributed by atoms with Crippen molar-refractivity contribution in [1.29, 1.82) is 5.41 Å². The SMILES string of the molecule is COC(C)c1c(Br)cncc1Br.COc1cncc(Br)c1C(C)OC.COc1cncc(CC(=O)Cc2cnc(-n3nccn3)c(C(F)(F)F)c2)c1C(C)OC.COc1cncc(N)c1C(C)OC.COc1cncc(N=C(c2ccccc2)c2ccccc2)c1C(C)OC.CSF.Cl.N=C(c1ccccc1)c1ccccc1.O=C(Nc1cnc(-n2nccn2)c(C(F)(F)F)c1)Oc1ccccc1. The number of aromatic nitrogens is 13. The number of alkyl halides is 6. The topological polar surface area (TPSA) is 352 Å². The normalized spacial score (nSPS) is 11.7. The van der Waals surface area contributed by atoms with Crippen LogP contribution in [0.5, 0.6) is 28.7 Å². The Morgan fingerprint density at radius 1 is 0.449 bits per heavy atom. The van der Waals surface area contributed by atoms with Crippen LogP contribution in [0.3, 0.4) is 0 Å². The maximum atomic E-state index is 13.5. The summed E-state index contributed by atoms with van der Waals surface area (Å²) in [5.41, 5.74) is 15.4. The third kappa shape index (κ3) is 34.4. The molecule has 9 heterocycles. The molecule has 0 radical (unpaired) electrons. The minimum absolute atomic E-state index is 0. The number of benzene rings is 5. The van der Waals surface area contributed by atoms with E-state index in [1.165, 1.54) is 76.0 Å². The fraction of sp³-hybridized carbons (Fsp3) is 0.247. The van der Waals surface area contributed by atoms with Gasteiger partial charge in [-0.25, -0.2) is 19.8 Å². The largest absolute Gasteiger partial charge is 0.495 e. The zero-order valence-electron chi connectivity index (χ0n) is 77.5. The summed E-state index contributed by atoms with van der Waals surface area (Å²) in [6.07, 6.45) is 14.0. The number of hydrogen-bond acceptors (Lipinski definition) is 27. The second-order valence-corrected chi connectivity index (χ2v) is 31.2. The molecule has 0 aliphatic rings. The van der Waals surface area contributed by atoms with Crippen LogP contribution in [0.25, 0.3) is 11.6 Å². The molecular weight excluding hydrogens is 2040 g/mol. The molecule has 5 atom stereocenters. The van der Waals surface area contributed by atoms with Crippen LogP contribution < -0.4 is 34.7 Å². The number of hydrogen-bond donors (Lipinski definition) is 3. The smallest absolute Gasteiger partial charge is 0.420 e. The highest BCUT2D eigenvalue weighted by Gasteiger charge is 2.38. The lowest BCUT2D eigenvalue weighted by molar-refractivity contribution is -0.138. The third-order valence-electron chi connectivity index (χ3n) is 19.5. The summed E-state index contributed by atoms with van der Waals surface area (Å²) in [6, 6.07) is 49.5. The second kappa shape index (κ2) is 58.6. The molecule has 0 spiro atoms. The summed E-state index contributed by atoms with van der Waals surface area (Å²) in [5.74, 6) is 1.53. The van der Waals surface area contributed by atoms with E-state index in [-0.39, 0.29) is 90.7 Å². The van der Waals surface area contributed by atoms with Crippen LogP contribution in [-0.4, -0.2) is 158 Å². The summed E-state index contributed by atoms with van der Waals surface area (Å²) in [4.78, 5) is 58.8. The minimum atomic E-state index is -4.71. The number of carbonyl (C=O) groups is 2. The van der Waals surface area contributed by atoms with Crippen molar-refractivity contribution in [2.45, 2.75) is 90.3 Å². The summed E-state index contributed by atoms with van der Waals surface area (Å²) < 4.78 is 146. The first-order valence-electron chi connectivity index (χ1n) is 41.1. The summed E-state index contributed by atoms with van der Waals surface area (Å²) in [6.45, 7) is 9.64. The van der Waals surface area contributed by atoms with Gasteiger partial charge in [0.25, 0.3) is 0 Å². The molecule has 0 fully saturated rings. The second-order valence-electron chi connectivity index (χ2n) is 28.3. The van der Waals surface area contributed by atoms with Crippen LogP contribution in [0, 0.1) is 5.41 Å². The monoisotopic (exact) mass is 2130 g/mol. The number of halogens is 11. The standard InChI is InChI=1S/C22H22N2O2.C20H20F3N5O3.C15H10F3N5O2.C13H11N.C9H12BrNO2.C9H14N2O2.C8H9Br2NO.CH3FS.ClH/c1-16(25-2)21-19(14-23-15-20(21)26-3)24-22(17-10-6-4-7-11-17)18-12-8-5-9-13-18;1-12(30-2)18-14(10-24-11-17(18)31-3)8-15(29)6-13-7-16(20(21,22)23)19(25-9-13)28-26-4-5-27-28;16-15(17,18)12-8-10(9-19-13(12)23-20-6-7-21-23)22-14(24)25-11-4-2-1-3-5-11;14-13(11-7-3-1-4-8-11)12-9-5-2-6-10-12;2*1-6(12-2)9-7(10)4-11-5-8(9)13-3;1-5(12-2)8-6(9)3-11-4-7(8)10;1-3-2;/h4-16H,1-3H3;4-5,7,9-12H,6,8H2,1-3H3;1-9H,(H,22,24);1-10,14H;4-6H,1-3H3;4-6H,10H2,1-3H3;3-5H,1-2H3;1H3;1H. The van der Waals surface area contributed by atoms with Gasteiger partial charge in [-0.2, -0.15) is 50.6 Å². The number of pyridine rings is 7. The number of nitrogens with one attached hydrogen (secondary N) is 2. The molecule has 4 N–H and O–H groups in total. The van der Waals surface area contributed by atoms with Gasteiger partial charge in [0.15, 0.2) is 11.6 Å². The van der Waals surface area contributed by atoms with E-state index in [0.717, 1.165) is 103 Å². The summed E-state index contributed by atoms with van der Waals surface area (Å²) in [7, 11) is 14.5. The number of nitrogen functional groups attached to an aromatic ring is 1. The summed E-state index contributed by atoms with van der Waals surface area (Å²) >= 11 is 10.5. The molecule has 9 aromatic heterocycles. The lowest BCUT2D eigenvalue weighted by atomic mass is 9.97. The van der Waals surface area contributed by atoms with E-state index in [1.807, 2.05) is 125 Å². The fourth-order valence-electron chi connectivity index (χ4n) is 12.5. The van der Waals surface area contributed by atoms with Crippen LogP contribution in [0.2, 0.25) is 0 Å². The first-order chi connectivity index (χ1) is 65.8. The molecule has 14 aromatic rings. The van der Waals surface area contributed by atoms with Crippen LogP contribution in [0.15, 0.2) is 281 Å². The zero-order chi connectivity index (χ0) is 100. The van der Waals surface area contributed by atoms with Crippen LogP contribution in [-0.2, 0) is 53.7 Å². The van der Waals surface area contributed by atoms with Gasteiger partial charge in [0.05, 0.1) is 161 Å². The number of anilines is 2. The van der Waals surface area contributed by atoms with Crippen molar-refractivity contribution in [1.82, 2.24) is 64.9 Å². The number of nitrogens with two attached hydrogens (primary N) is 1. The number of ketones is 1. The van der Waals surface area contributed by atoms with Gasteiger partial charge in [0, 0.05) is 145 Å². The van der Waals surface area contributed by atoms with Crippen molar-refractivity contribution >= 4 is 113 Å². The van der Waals surface area contributed by atoms with Gasteiger partial charge in [0.1, 0.15) is 45.7 Å². The highest BCUT2D eigenvalue weighted by molar-refractivity contribution is 9.11. The first kappa shape index (κ1) is 114. The van der Waals surface area contributed by atoms with Gasteiger partial charge in [0.2, 0.25) is 0 Å². The van der Waals surface area contributed by atoms with Crippen molar-refractivity contribution in [3.8, 4) is 40.4 Å². The minimum Gasteiger partial charge on any atom is -0.495 e. The number of carbonyl (C=O) groups excluding carboxylic acids is 2. The van der Waals surface area contributed by atoms with E-state index in [9.17, 15) is 39.8 Å². The van der Waals surface area contributed by atoms with Gasteiger partial charge in [-0.15, -0.1) is 22.0 Å². The maximum absolute atomic E-state index is 13.5. The third-order valence-corrected chi connectivity index (χ3v) is 21.4. The van der Waals surface area contributed by atoms with Gasteiger partial charge >= 0.3 is 18.4 Å². The van der Waals surface area contributed by atoms with Crippen LogP contribution in [0.1, 0.15) is 137 Å². The molecule has 0 aliphatic heterocycles. The van der Waals surface area contributed by atoms with Gasteiger partial charge in [-0.3, -0.25) is 40.4 Å². The fourth-order valence-corrected chi connectivity index (χ4v) is 14.8. The zero-order valence-corrected chi connectivity index (χ0v) is 83.9. The van der Waals surface area contributed by atoms with Crippen molar-refractivity contribution in [3.63, 3.8) is 0 Å². The Hall–Kier alpha value is -12.9.